The zero-order chi connectivity index (χ0) is 41.7. The molecule has 0 fully saturated rings. The van der Waals surface area contributed by atoms with Gasteiger partial charge in [0.05, 0.1) is 28.5 Å². The first-order valence-electron chi connectivity index (χ1n) is 20.9. The van der Waals surface area contributed by atoms with E-state index in [9.17, 15) is 0 Å². The zero-order valence-electron chi connectivity index (χ0n) is 34.6. The van der Waals surface area contributed by atoms with E-state index in [-0.39, 0.29) is 0 Å². The molecule has 4 aromatic heterocycles. The van der Waals surface area contributed by atoms with Crippen LogP contribution in [0, 0.1) is 20.8 Å². The highest BCUT2D eigenvalue weighted by molar-refractivity contribution is 7.13. The Labute approximate surface area is 364 Å². The maximum atomic E-state index is 5.50. The third kappa shape index (κ3) is 6.90. The van der Waals surface area contributed by atoms with Gasteiger partial charge in [-0.25, -0.2) is 15.0 Å². The van der Waals surface area contributed by atoms with Gasteiger partial charge in [0.15, 0.2) is 0 Å². The number of aromatic nitrogens is 5. The summed E-state index contributed by atoms with van der Waals surface area (Å²) < 4.78 is 0. The van der Waals surface area contributed by atoms with Crippen LogP contribution in [0.1, 0.15) is 39.5 Å². The first-order chi connectivity index (χ1) is 30.4. The molecule has 0 radical (unpaired) electrons. The summed E-state index contributed by atoms with van der Waals surface area (Å²) >= 11 is 1.66. The SMILES string of the molecule is Cc1ccc(-c2c3nc(c(-c4ccc(C)cc4)c4ccc([nH]4)c(-c4ccc(-c5nc(-c6ccccc6)cs5)cc4)c4nc(c(-c5ccc(C)cc5)c5ccc2[nH]5)C=C4)C=C3)cc1. The minimum Gasteiger partial charge on any atom is -0.354 e. The molecule has 5 aromatic carbocycles. The highest BCUT2D eigenvalue weighted by Crippen LogP contribution is 2.39. The number of fused-ring (bicyclic) bond motifs is 8. The monoisotopic (exact) mass is 815 g/mol. The molecule has 0 saturated carbocycles. The Bertz CT molecular complexity index is 3340. The van der Waals surface area contributed by atoms with E-state index in [4.69, 9.17) is 15.0 Å². The lowest BCUT2D eigenvalue weighted by atomic mass is 10.0. The summed E-state index contributed by atoms with van der Waals surface area (Å²) in [5.74, 6) is 0. The Morgan fingerprint density at radius 3 is 1.05 bits per heavy atom. The second kappa shape index (κ2) is 15.4. The Hall–Kier alpha value is -7.67. The molecule has 11 rings (SSSR count). The molecule has 8 bridgehead atoms. The van der Waals surface area contributed by atoms with Crippen LogP contribution in [-0.4, -0.2) is 24.9 Å². The average Bonchev–Trinajstić information content (AvgIpc) is 4.17. The molecule has 6 heterocycles. The molecule has 0 amide bonds. The van der Waals surface area contributed by atoms with Gasteiger partial charge >= 0.3 is 0 Å². The van der Waals surface area contributed by atoms with E-state index in [1.54, 1.807) is 11.3 Å². The number of benzene rings is 5. The van der Waals surface area contributed by atoms with Gasteiger partial charge in [0.1, 0.15) is 5.01 Å². The molecule has 5 nitrogen and oxygen atoms in total. The van der Waals surface area contributed by atoms with Crippen molar-refractivity contribution in [2.75, 3.05) is 0 Å². The molecule has 62 heavy (non-hydrogen) atoms. The Balaban J connectivity index is 1.20. The van der Waals surface area contributed by atoms with Gasteiger partial charge in [-0.05, 0) is 91.6 Å². The molecule has 2 aliphatic heterocycles. The predicted molar refractivity (Wildman–Crippen MR) is 261 cm³/mol. The van der Waals surface area contributed by atoms with Crippen LogP contribution in [0.4, 0.5) is 0 Å². The van der Waals surface area contributed by atoms with Crippen molar-refractivity contribution in [3.63, 3.8) is 0 Å². The molecular weight excluding hydrogens is 775 g/mol. The Morgan fingerprint density at radius 2 is 0.677 bits per heavy atom. The fourth-order valence-corrected chi connectivity index (χ4v) is 9.34. The van der Waals surface area contributed by atoms with Gasteiger partial charge in [0.25, 0.3) is 0 Å². The molecule has 2 aliphatic rings. The number of nitrogens with one attached hydrogen (secondary N) is 2. The second-order valence-electron chi connectivity index (χ2n) is 16.1. The highest BCUT2D eigenvalue weighted by Gasteiger charge is 2.19. The molecular formula is C56H41N5S. The van der Waals surface area contributed by atoms with Crippen molar-refractivity contribution in [2.24, 2.45) is 0 Å². The van der Waals surface area contributed by atoms with Crippen LogP contribution in [-0.2, 0) is 0 Å². The van der Waals surface area contributed by atoms with Crippen LogP contribution in [0.2, 0.25) is 0 Å². The van der Waals surface area contributed by atoms with E-state index in [1.807, 2.05) is 6.07 Å². The largest absolute Gasteiger partial charge is 0.354 e. The summed E-state index contributed by atoms with van der Waals surface area (Å²) in [4.78, 5) is 23.7. The Kier molecular flexibility index (Phi) is 9.28. The van der Waals surface area contributed by atoms with Crippen molar-refractivity contribution in [3.05, 3.63) is 197 Å². The van der Waals surface area contributed by atoms with Gasteiger partial charge in [0, 0.05) is 60.8 Å². The zero-order valence-corrected chi connectivity index (χ0v) is 35.4. The molecule has 0 unspecified atom stereocenters. The summed E-state index contributed by atoms with van der Waals surface area (Å²) in [6.07, 6.45) is 8.62. The number of aromatic amines is 2. The lowest BCUT2D eigenvalue weighted by Crippen LogP contribution is -1.90. The summed E-state index contributed by atoms with van der Waals surface area (Å²) in [6, 6.07) is 54.0. The van der Waals surface area contributed by atoms with Crippen LogP contribution >= 0.6 is 11.3 Å². The first-order valence-corrected chi connectivity index (χ1v) is 21.8. The van der Waals surface area contributed by atoms with Crippen LogP contribution in [0.25, 0.3) is 113 Å². The van der Waals surface area contributed by atoms with Gasteiger partial charge in [-0.15, -0.1) is 11.3 Å². The summed E-state index contributed by atoms with van der Waals surface area (Å²) in [5, 5.41) is 3.12. The van der Waals surface area contributed by atoms with E-state index in [0.717, 1.165) is 111 Å². The maximum absolute atomic E-state index is 5.50. The number of nitrogens with zero attached hydrogens (tertiary/aromatic N) is 3. The van der Waals surface area contributed by atoms with Gasteiger partial charge in [-0.3, -0.25) is 0 Å². The van der Waals surface area contributed by atoms with Crippen LogP contribution in [0.3, 0.4) is 0 Å². The minimum atomic E-state index is 0.878. The first kappa shape index (κ1) is 37.3. The van der Waals surface area contributed by atoms with Crippen LogP contribution < -0.4 is 0 Å². The molecule has 0 aliphatic carbocycles. The lowest BCUT2D eigenvalue weighted by molar-refractivity contribution is 1.31. The average molecular weight is 816 g/mol. The van der Waals surface area contributed by atoms with Gasteiger partial charge in [-0.2, -0.15) is 0 Å². The van der Waals surface area contributed by atoms with Crippen molar-refractivity contribution in [3.8, 4) is 66.3 Å². The fraction of sp³-hybridized carbons (Fsp3) is 0.0536. The number of rotatable bonds is 6. The number of hydrogen-bond donors (Lipinski definition) is 2. The fourth-order valence-electron chi connectivity index (χ4n) is 8.51. The second-order valence-corrected chi connectivity index (χ2v) is 16.9. The number of aryl methyl sites for hydroxylation is 3. The third-order valence-corrected chi connectivity index (χ3v) is 12.7. The molecule has 9 aromatic rings. The molecule has 0 atom stereocenters. The van der Waals surface area contributed by atoms with Crippen molar-refractivity contribution >= 4 is 57.7 Å². The topological polar surface area (TPSA) is 70.2 Å². The molecule has 6 heteroatoms. The third-order valence-electron chi connectivity index (χ3n) is 11.8. The quantitative estimate of drug-likeness (QED) is 0.176. The van der Waals surface area contributed by atoms with E-state index in [1.165, 1.54) is 16.7 Å². The predicted octanol–water partition coefficient (Wildman–Crippen LogP) is 15.0. The normalized spacial score (nSPS) is 12.0. The smallest absolute Gasteiger partial charge is 0.124 e. The van der Waals surface area contributed by atoms with Crippen LogP contribution in [0.15, 0.2) is 157 Å². The minimum absolute atomic E-state index is 0.878. The number of hydrogen-bond acceptors (Lipinski definition) is 4. The summed E-state index contributed by atoms with van der Waals surface area (Å²) in [7, 11) is 0. The van der Waals surface area contributed by atoms with Crippen LogP contribution in [0.5, 0.6) is 0 Å². The van der Waals surface area contributed by atoms with Crippen molar-refractivity contribution in [2.45, 2.75) is 20.8 Å². The number of thiazole rings is 1. The summed E-state index contributed by atoms with van der Waals surface area (Å²) in [5.41, 5.74) is 22.7. The Morgan fingerprint density at radius 1 is 0.339 bits per heavy atom. The molecule has 0 saturated heterocycles. The highest BCUT2D eigenvalue weighted by atomic mass is 32.1. The maximum Gasteiger partial charge on any atom is 0.124 e. The van der Waals surface area contributed by atoms with E-state index in [2.05, 4.69) is 206 Å². The van der Waals surface area contributed by atoms with E-state index < -0.39 is 0 Å². The van der Waals surface area contributed by atoms with Gasteiger partial charge in [-0.1, -0.05) is 144 Å². The number of H-pyrrole nitrogens is 2. The van der Waals surface area contributed by atoms with Crippen molar-refractivity contribution in [1.29, 1.82) is 0 Å². The molecule has 2 N–H and O–H groups in total. The van der Waals surface area contributed by atoms with E-state index >= 15 is 0 Å². The van der Waals surface area contributed by atoms with Crippen molar-refractivity contribution in [1.82, 2.24) is 24.9 Å². The lowest BCUT2D eigenvalue weighted by Gasteiger charge is -2.08. The molecule has 0 spiro atoms. The van der Waals surface area contributed by atoms with E-state index in [0.29, 0.717) is 0 Å². The van der Waals surface area contributed by atoms with Crippen molar-refractivity contribution < 1.29 is 0 Å². The van der Waals surface area contributed by atoms with Gasteiger partial charge < -0.3 is 9.97 Å². The van der Waals surface area contributed by atoms with Gasteiger partial charge in [0.2, 0.25) is 0 Å². The summed E-state index contributed by atoms with van der Waals surface area (Å²) in [6.45, 7) is 6.37. The standard InChI is InChI=1S/C56H41N5S/c1-34-9-15-38(16-10-34)52-43-25-27-45(57-43)53(39-17-11-35(2)12-18-39)47-29-31-49(59-47)55(41-21-23-42(24-22-41)56-61-51(33-62-56)37-7-5-4-6-8-37)50-32-30-48(60-50)54(46-28-26-44(52)58-46)40-19-13-36(3)14-20-40/h4-33,57,60H,1-3H3. The molecule has 296 valence electrons.